The van der Waals surface area contributed by atoms with Crippen LogP contribution >= 0.6 is 28.4 Å². The van der Waals surface area contributed by atoms with Crippen molar-refractivity contribution in [3.05, 3.63) is 88.8 Å². The normalized spacial score (nSPS) is 18.9. The van der Waals surface area contributed by atoms with E-state index in [-0.39, 0.29) is 11.4 Å². The number of aromatic nitrogens is 2. The zero-order chi connectivity index (χ0) is 29.4. The van der Waals surface area contributed by atoms with Crippen LogP contribution in [0.1, 0.15) is 89.8 Å². The minimum atomic E-state index is -0.369. The van der Waals surface area contributed by atoms with Gasteiger partial charge in [-0.1, -0.05) is 127 Å². The van der Waals surface area contributed by atoms with Crippen molar-refractivity contribution in [2.45, 2.75) is 85.8 Å². The average Bonchev–Trinajstić information content (AvgIpc) is 3.21. The molecule has 1 saturated carbocycles. The molecular formula is C35H44BFIN2P. The Morgan fingerprint density at radius 3 is 2.37 bits per heavy atom. The number of hydrogen-bond acceptors (Lipinski definition) is 1. The lowest BCUT2D eigenvalue weighted by Crippen LogP contribution is -2.33. The van der Waals surface area contributed by atoms with Gasteiger partial charge in [-0.2, -0.15) is 4.39 Å². The van der Waals surface area contributed by atoms with Crippen LogP contribution in [0.3, 0.4) is 0 Å². The maximum atomic E-state index is 15.1. The SMILES string of the molecule is C=C(/C=C/c1ccc(/C(=C(\B2CCC(C)(C)CC2)C2CCC2)c2ccc3c(c2)c(F)nn3PI)cc1)CC(C)(C)C. The number of rotatable bonds is 8. The van der Waals surface area contributed by atoms with Crippen molar-refractivity contribution in [1.82, 2.24) is 9.55 Å². The Kier molecular flexibility index (Phi) is 9.36. The van der Waals surface area contributed by atoms with Gasteiger partial charge in [-0.05, 0) is 92.4 Å². The van der Waals surface area contributed by atoms with Crippen LogP contribution in [0.15, 0.2) is 66.2 Å². The lowest BCUT2D eigenvalue weighted by Gasteiger charge is -2.40. The molecule has 2 heterocycles. The molecule has 1 aliphatic carbocycles. The van der Waals surface area contributed by atoms with E-state index in [0.29, 0.717) is 29.8 Å². The van der Waals surface area contributed by atoms with Crippen molar-refractivity contribution in [2.24, 2.45) is 16.7 Å². The van der Waals surface area contributed by atoms with Gasteiger partial charge in [-0.15, -0.1) is 5.10 Å². The fraction of sp³-hybridized carbons (Fsp3) is 0.457. The number of fused-ring (bicyclic) bond motifs is 1. The Labute approximate surface area is 261 Å². The largest absolute Gasteiger partial charge is 0.240 e. The Morgan fingerprint density at radius 2 is 1.78 bits per heavy atom. The summed E-state index contributed by atoms with van der Waals surface area (Å²) in [4.78, 5) is 0. The van der Waals surface area contributed by atoms with E-state index in [1.54, 1.807) is 9.92 Å². The zero-order valence-corrected chi connectivity index (χ0v) is 28.5. The van der Waals surface area contributed by atoms with E-state index in [0.717, 1.165) is 23.1 Å². The molecule has 6 heteroatoms. The highest BCUT2D eigenvalue weighted by Gasteiger charge is 2.37. The van der Waals surface area contributed by atoms with E-state index >= 15 is 4.39 Å². The fourth-order valence-electron chi connectivity index (χ4n) is 6.69. The summed E-state index contributed by atoms with van der Waals surface area (Å²) >= 11 is 2.27. The molecule has 3 aromatic rings. The third-order valence-electron chi connectivity index (χ3n) is 9.08. The van der Waals surface area contributed by atoms with Crippen LogP contribution < -0.4 is 0 Å². The molecule has 41 heavy (non-hydrogen) atoms. The first kappa shape index (κ1) is 30.7. The number of benzene rings is 2. The van der Waals surface area contributed by atoms with Crippen LogP contribution in [0, 0.1) is 22.7 Å². The lowest BCUT2D eigenvalue weighted by molar-refractivity contribution is 0.320. The first-order valence-electron chi connectivity index (χ1n) is 15.2. The Morgan fingerprint density at radius 1 is 1.12 bits per heavy atom. The predicted octanol–water partition coefficient (Wildman–Crippen LogP) is 11.4. The van der Waals surface area contributed by atoms with Crippen LogP contribution in [-0.4, -0.2) is 16.3 Å². The van der Waals surface area contributed by atoms with E-state index in [4.69, 9.17) is 0 Å². The van der Waals surface area contributed by atoms with Gasteiger partial charge in [0.1, 0.15) is 0 Å². The minimum absolute atomic E-state index is 0.228. The second-order valence-corrected chi connectivity index (χ2v) is 16.3. The lowest BCUT2D eigenvalue weighted by atomic mass is 9.31. The van der Waals surface area contributed by atoms with Gasteiger partial charge in [0.15, 0.2) is 6.71 Å². The molecule has 2 nitrogen and oxygen atoms in total. The number of allylic oxidation sites excluding steroid dienone is 3. The molecule has 0 amide bonds. The standard InChI is InChI=1S/C35H44BFIN2P/c1-24(23-34(2,3)4)10-11-25-12-14-26(15-13-25)31(28-16-17-30-29(22-28)33(37)39-40(30)41-38)32(27-8-7-9-27)36-20-18-35(5,6)19-21-36/h10-17,22,27,41H,1,7-9,18-21,23H2,2-6H3/b11-10+,32-31+. The van der Waals surface area contributed by atoms with Crippen LogP contribution in [-0.2, 0) is 0 Å². The second kappa shape index (κ2) is 12.5. The summed E-state index contributed by atoms with van der Waals surface area (Å²) in [6.45, 7) is 16.4. The van der Waals surface area contributed by atoms with Crippen molar-refractivity contribution >= 4 is 57.7 Å². The van der Waals surface area contributed by atoms with E-state index in [9.17, 15) is 0 Å². The van der Waals surface area contributed by atoms with E-state index in [2.05, 4.69) is 123 Å². The summed E-state index contributed by atoms with van der Waals surface area (Å²) in [5, 5.41) is 4.81. The second-order valence-electron chi connectivity index (χ2n) is 14.3. The van der Waals surface area contributed by atoms with Gasteiger partial charge in [0.05, 0.1) is 17.3 Å². The van der Waals surface area contributed by atoms with Gasteiger partial charge in [0.25, 0.3) is 0 Å². The highest BCUT2D eigenvalue weighted by atomic mass is 127. The molecule has 0 N–H and O–H groups in total. The predicted molar refractivity (Wildman–Crippen MR) is 188 cm³/mol. The molecule has 2 aliphatic rings. The quantitative estimate of drug-likeness (QED) is 0.100. The van der Waals surface area contributed by atoms with E-state index in [1.165, 1.54) is 61.4 Å². The van der Waals surface area contributed by atoms with E-state index < -0.39 is 0 Å². The average molecular weight is 680 g/mol. The molecule has 5 rings (SSSR count). The molecule has 0 spiro atoms. The topological polar surface area (TPSA) is 17.8 Å². The van der Waals surface area contributed by atoms with Crippen LogP contribution in [0.4, 0.5) is 4.39 Å². The summed E-state index contributed by atoms with van der Waals surface area (Å²) in [5.74, 6) is 0.251. The van der Waals surface area contributed by atoms with Crippen LogP contribution in [0.2, 0.25) is 12.6 Å². The summed E-state index contributed by atoms with van der Waals surface area (Å²) in [6.07, 6.45) is 14.5. The maximum Gasteiger partial charge on any atom is 0.240 e. The summed E-state index contributed by atoms with van der Waals surface area (Å²) in [6, 6.07) is 15.4. The van der Waals surface area contributed by atoms with Crippen LogP contribution in [0.5, 0.6) is 0 Å². The minimum Gasteiger partial charge on any atom is -0.235 e. The highest BCUT2D eigenvalue weighted by Crippen LogP contribution is 2.47. The molecule has 2 fully saturated rings. The van der Waals surface area contributed by atoms with E-state index in [1.807, 2.05) is 0 Å². The first-order valence-corrected chi connectivity index (χ1v) is 19.3. The zero-order valence-electron chi connectivity index (χ0n) is 25.4. The monoisotopic (exact) mass is 680 g/mol. The number of halogens is 2. The molecular weight excluding hydrogens is 636 g/mol. The molecule has 1 aliphatic heterocycles. The molecule has 1 unspecified atom stereocenters. The highest BCUT2D eigenvalue weighted by molar-refractivity contribution is 14.2. The first-order chi connectivity index (χ1) is 19.4. The summed E-state index contributed by atoms with van der Waals surface area (Å²) in [7, 11) is 0. The molecule has 2 aromatic carbocycles. The third-order valence-corrected chi connectivity index (χ3v) is 11.0. The van der Waals surface area contributed by atoms with Crippen molar-refractivity contribution < 1.29 is 4.39 Å². The molecule has 1 aromatic heterocycles. The van der Waals surface area contributed by atoms with Crippen LogP contribution in [0.25, 0.3) is 22.6 Å². The molecule has 1 saturated heterocycles. The maximum absolute atomic E-state index is 15.1. The Hall–Kier alpha value is -1.72. The van der Waals surface area contributed by atoms with Crippen molar-refractivity contribution in [3.63, 3.8) is 0 Å². The summed E-state index contributed by atoms with van der Waals surface area (Å²) < 4.78 is 16.8. The summed E-state index contributed by atoms with van der Waals surface area (Å²) in [5.41, 5.74) is 9.17. The van der Waals surface area contributed by atoms with Crippen molar-refractivity contribution in [1.29, 1.82) is 0 Å². The number of nitrogens with zero attached hydrogens (tertiary/aromatic N) is 2. The van der Waals surface area contributed by atoms with Gasteiger partial charge in [0, 0.05) is 0 Å². The number of hydrogen-bond donors (Lipinski definition) is 0. The van der Waals surface area contributed by atoms with Gasteiger partial charge in [-0.25, -0.2) is 4.45 Å². The Bertz CT molecular complexity index is 1460. The van der Waals surface area contributed by atoms with Gasteiger partial charge < -0.3 is 0 Å². The molecule has 1 atom stereocenters. The Balaban J connectivity index is 1.59. The molecule has 0 radical (unpaired) electrons. The van der Waals surface area contributed by atoms with Crippen molar-refractivity contribution in [2.75, 3.05) is 0 Å². The molecule has 216 valence electrons. The van der Waals surface area contributed by atoms with Gasteiger partial charge in [-0.3, -0.25) is 0 Å². The van der Waals surface area contributed by atoms with Crippen molar-refractivity contribution in [3.8, 4) is 0 Å². The fourth-order valence-corrected chi connectivity index (χ4v) is 8.20. The van der Waals surface area contributed by atoms with Gasteiger partial charge in [0.2, 0.25) is 5.95 Å². The van der Waals surface area contributed by atoms with Gasteiger partial charge >= 0.3 is 0 Å². The molecule has 0 bridgehead atoms. The smallest absolute Gasteiger partial charge is 0.235 e. The third kappa shape index (κ3) is 7.27.